The molecule has 2 rings (SSSR count). The molecule has 0 aliphatic heterocycles. The summed E-state index contributed by atoms with van der Waals surface area (Å²) in [7, 11) is -3.10. The highest BCUT2D eigenvalue weighted by molar-refractivity contribution is 14.1. The molecule has 0 spiro atoms. The van der Waals surface area contributed by atoms with Gasteiger partial charge in [0.25, 0.3) is 0 Å². The van der Waals surface area contributed by atoms with Crippen LogP contribution in [0, 0.1) is 3.57 Å². The normalized spacial score (nSPS) is 15.7. The van der Waals surface area contributed by atoms with E-state index in [1.54, 1.807) is 0 Å². The first-order valence-corrected chi connectivity index (χ1v) is 9.02. The molecule has 1 fully saturated rings. The van der Waals surface area contributed by atoms with Gasteiger partial charge in [-0.05, 0) is 42.4 Å². The first-order chi connectivity index (χ1) is 8.40. The lowest BCUT2D eigenvalue weighted by Crippen LogP contribution is -2.12. The van der Waals surface area contributed by atoms with Crippen LogP contribution in [-0.4, -0.2) is 31.2 Å². The summed E-state index contributed by atoms with van der Waals surface area (Å²) in [5.41, 5.74) is 1.00. The summed E-state index contributed by atoms with van der Waals surface area (Å²) >= 11 is 2.24. The summed E-state index contributed by atoms with van der Waals surface area (Å²) in [6.07, 6.45) is 3.48. The van der Waals surface area contributed by atoms with Crippen LogP contribution in [0.15, 0.2) is 0 Å². The minimum atomic E-state index is -3.10. The van der Waals surface area contributed by atoms with Crippen LogP contribution in [0.25, 0.3) is 0 Å². The Morgan fingerprint density at radius 1 is 1.39 bits per heavy atom. The molecule has 0 amide bonds. The van der Waals surface area contributed by atoms with Gasteiger partial charge < -0.3 is 5.32 Å². The van der Waals surface area contributed by atoms with Crippen molar-refractivity contribution in [3.63, 3.8) is 0 Å². The molecule has 0 saturated heterocycles. The highest BCUT2D eigenvalue weighted by Crippen LogP contribution is 2.42. The molecule has 1 aromatic rings. The standard InChI is InChI=1S/C11H16IN3O2S/c1-3-13-11-9(12)10(7-4-5-7)14-8(15-11)6-18(2,16)17/h7H,3-6H2,1-2H3,(H,13,14,15). The van der Waals surface area contributed by atoms with Crippen molar-refractivity contribution in [1.29, 1.82) is 0 Å². The van der Waals surface area contributed by atoms with Crippen molar-refractivity contribution in [3.8, 4) is 0 Å². The molecule has 1 heterocycles. The first-order valence-electron chi connectivity index (χ1n) is 5.88. The number of nitrogens with one attached hydrogen (secondary N) is 1. The molecule has 0 radical (unpaired) electrons. The molecule has 7 heteroatoms. The summed E-state index contributed by atoms with van der Waals surface area (Å²) < 4.78 is 23.7. The second kappa shape index (κ2) is 5.28. The van der Waals surface area contributed by atoms with Crippen molar-refractivity contribution in [3.05, 3.63) is 15.1 Å². The molecular weight excluding hydrogens is 365 g/mol. The van der Waals surface area contributed by atoms with Crippen molar-refractivity contribution in [2.24, 2.45) is 0 Å². The van der Waals surface area contributed by atoms with E-state index >= 15 is 0 Å². The van der Waals surface area contributed by atoms with Gasteiger partial charge in [0.2, 0.25) is 0 Å². The summed E-state index contributed by atoms with van der Waals surface area (Å²) in [6, 6.07) is 0. The Labute approximate surface area is 121 Å². The van der Waals surface area contributed by atoms with E-state index in [-0.39, 0.29) is 5.75 Å². The third-order valence-electron chi connectivity index (χ3n) is 2.62. The van der Waals surface area contributed by atoms with E-state index < -0.39 is 9.84 Å². The first kappa shape index (κ1) is 14.0. The SMILES string of the molecule is CCNc1nc(CS(C)(=O)=O)nc(C2CC2)c1I. The van der Waals surface area contributed by atoms with Gasteiger partial charge in [-0.15, -0.1) is 0 Å². The van der Waals surface area contributed by atoms with E-state index in [0.29, 0.717) is 11.7 Å². The van der Waals surface area contributed by atoms with Crippen molar-refractivity contribution in [1.82, 2.24) is 9.97 Å². The summed E-state index contributed by atoms with van der Waals surface area (Å²) in [6.45, 7) is 2.75. The van der Waals surface area contributed by atoms with Crippen LogP contribution >= 0.6 is 22.6 Å². The minimum absolute atomic E-state index is 0.0952. The lowest BCUT2D eigenvalue weighted by molar-refractivity contribution is 0.599. The average Bonchev–Trinajstić information content (AvgIpc) is 3.04. The number of rotatable bonds is 5. The fourth-order valence-electron chi connectivity index (χ4n) is 1.72. The number of aromatic nitrogens is 2. The van der Waals surface area contributed by atoms with Crippen LogP contribution in [0.3, 0.4) is 0 Å². The molecule has 5 nitrogen and oxygen atoms in total. The second-order valence-corrected chi connectivity index (χ2v) is 7.78. The number of anilines is 1. The molecule has 100 valence electrons. The van der Waals surface area contributed by atoms with Gasteiger partial charge in [-0.3, -0.25) is 0 Å². The summed E-state index contributed by atoms with van der Waals surface area (Å²) in [5, 5.41) is 3.17. The Balaban J connectivity index is 2.41. The van der Waals surface area contributed by atoms with E-state index in [0.717, 1.165) is 34.5 Å². The van der Waals surface area contributed by atoms with E-state index in [2.05, 4.69) is 37.9 Å². The molecule has 18 heavy (non-hydrogen) atoms. The minimum Gasteiger partial charge on any atom is -0.369 e. The maximum absolute atomic E-state index is 11.3. The van der Waals surface area contributed by atoms with Gasteiger partial charge in [0.1, 0.15) is 17.4 Å². The van der Waals surface area contributed by atoms with E-state index in [4.69, 9.17) is 0 Å². The smallest absolute Gasteiger partial charge is 0.154 e. The number of halogens is 1. The highest BCUT2D eigenvalue weighted by Gasteiger charge is 2.29. The van der Waals surface area contributed by atoms with Crippen LogP contribution in [0.1, 0.15) is 37.2 Å². The van der Waals surface area contributed by atoms with Crippen molar-refractivity contribution in [2.75, 3.05) is 18.1 Å². The van der Waals surface area contributed by atoms with E-state index in [9.17, 15) is 8.42 Å². The molecule has 1 aliphatic carbocycles. The van der Waals surface area contributed by atoms with Crippen LogP contribution in [-0.2, 0) is 15.6 Å². The van der Waals surface area contributed by atoms with Gasteiger partial charge in [-0.25, -0.2) is 18.4 Å². The van der Waals surface area contributed by atoms with Crippen LogP contribution in [0.2, 0.25) is 0 Å². The Bertz CT molecular complexity index is 556. The largest absolute Gasteiger partial charge is 0.369 e. The van der Waals surface area contributed by atoms with E-state index in [1.165, 1.54) is 6.26 Å². The zero-order chi connectivity index (χ0) is 13.3. The third-order valence-corrected chi connectivity index (χ3v) is 4.47. The molecule has 0 atom stereocenters. The van der Waals surface area contributed by atoms with Crippen molar-refractivity contribution in [2.45, 2.75) is 31.4 Å². The third kappa shape index (κ3) is 3.53. The predicted octanol–water partition coefficient (Wildman–Crippen LogP) is 1.93. The van der Waals surface area contributed by atoms with Crippen molar-refractivity contribution >= 4 is 38.2 Å². The molecule has 1 saturated carbocycles. The highest BCUT2D eigenvalue weighted by atomic mass is 127. The number of nitrogens with zero attached hydrogens (tertiary/aromatic N) is 2. The second-order valence-electron chi connectivity index (χ2n) is 4.56. The molecule has 1 N–H and O–H groups in total. The topological polar surface area (TPSA) is 72.0 Å². The van der Waals surface area contributed by atoms with Gasteiger partial charge in [-0.1, -0.05) is 0 Å². The summed E-state index contributed by atoms with van der Waals surface area (Å²) in [5.74, 6) is 1.54. The Hall–Kier alpha value is -0.440. The Morgan fingerprint density at radius 3 is 2.56 bits per heavy atom. The van der Waals surface area contributed by atoms with Gasteiger partial charge >= 0.3 is 0 Å². The zero-order valence-corrected chi connectivity index (χ0v) is 13.4. The molecule has 1 aliphatic rings. The maximum Gasteiger partial charge on any atom is 0.154 e. The Kier molecular flexibility index (Phi) is 4.10. The maximum atomic E-state index is 11.3. The van der Waals surface area contributed by atoms with Gasteiger partial charge in [0, 0.05) is 18.7 Å². The van der Waals surface area contributed by atoms with Crippen molar-refractivity contribution < 1.29 is 8.42 Å². The van der Waals surface area contributed by atoms with Gasteiger partial charge in [0.15, 0.2) is 9.84 Å². The van der Waals surface area contributed by atoms with E-state index in [1.807, 2.05) is 6.92 Å². The van der Waals surface area contributed by atoms with Crippen LogP contribution < -0.4 is 5.32 Å². The Morgan fingerprint density at radius 2 is 2.06 bits per heavy atom. The summed E-state index contributed by atoms with van der Waals surface area (Å²) in [4.78, 5) is 8.73. The van der Waals surface area contributed by atoms with Gasteiger partial charge in [0.05, 0.1) is 9.26 Å². The monoisotopic (exact) mass is 381 g/mol. The van der Waals surface area contributed by atoms with Crippen LogP contribution in [0.5, 0.6) is 0 Å². The van der Waals surface area contributed by atoms with Crippen LogP contribution in [0.4, 0.5) is 5.82 Å². The fraction of sp³-hybridized carbons (Fsp3) is 0.636. The van der Waals surface area contributed by atoms with Gasteiger partial charge in [-0.2, -0.15) is 0 Å². The molecular formula is C11H16IN3O2S. The lowest BCUT2D eigenvalue weighted by atomic mass is 10.2. The number of sulfone groups is 1. The quantitative estimate of drug-likeness (QED) is 0.790. The fourth-order valence-corrected chi connectivity index (χ4v) is 3.19. The number of hydrogen-bond donors (Lipinski definition) is 1. The molecule has 1 aromatic heterocycles. The molecule has 0 unspecified atom stereocenters. The zero-order valence-electron chi connectivity index (χ0n) is 10.4. The average molecular weight is 381 g/mol. The molecule has 0 bridgehead atoms. The molecule has 0 aromatic carbocycles. The lowest BCUT2D eigenvalue weighted by Gasteiger charge is -2.11. The predicted molar refractivity (Wildman–Crippen MR) is 79.4 cm³/mol. The number of hydrogen-bond acceptors (Lipinski definition) is 5.